The van der Waals surface area contributed by atoms with Crippen LogP contribution in [0.4, 0.5) is 0 Å². The predicted molar refractivity (Wildman–Crippen MR) is 99.7 cm³/mol. The predicted octanol–water partition coefficient (Wildman–Crippen LogP) is 0.0212. The van der Waals surface area contributed by atoms with E-state index in [1.165, 1.54) is 11.1 Å². The fourth-order valence-corrected chi connectivity index (χ4v) is 4.77. The Hall–Kier alpha value is -1.36. The molecule has 0 aromatic heterocycles. The second-order valence-electron chi connectivity index (χ2n) is 6.94. The third-order valence-electron chi connectivity index (χ3n) is 5.01. The first kappa shape index (κ1) is 20.0. The zero-order valence-corrected chi connectivity index (χ0v) is 16.3. The molecule has 136 valence electrons. The summed E-state index contributed by atoms with van der Waals surface area (Å²) in [6, 6.07) is 16.0. The van der Waals surface area contributed by atoms with Crippen LogP contribution in [-0.2, 0) is 11.8 Å². The number of benzene rings is 2. The Morgan fingerprint density at radius 1 is 1.20 bits per heavy atom. The lowest BCUT2D eigenvalue weighted by Crippen LogP contribution is -3.00. The number of thioether (sulfide) groups is 1. The molecule has 0 spiro atoms. The van der Waals surface area contributed by atoms with E-state index in [0.29, 0.717) is 23.6 Å². The average Bonchev–Trinajstić information content (AvgIpc) is 2.58. The van der Waals surface area contributed by atoms with Crippen LogP contribution in [0.25, 0.3) is 0 Å². The van der Waals surface area contributed by atoms with Gasteiger partial charge in [0.05, 0.1) is 11.9 Å². The van der Waals surface area contributed by atoms with Crippen molar-refractivity contribution in [3.63, 3.8) is 0 Å². The zero-order chi connectivity index (χ0) is 17.2. The van der Waals surface area contributed by atoms with E-state index < -0.39 is 0 Å². The average molecular weight is 380 g/mol. The topological polar surface area (TPSA) is 57.1 Å². The fraction of sp³-hybridized carbons (Fsp3) is 0.400. The SMILES string of the molecule is CC1(C)c2cc(O)ccc2C[C@H](SCCOc2ccccc2)[C@H]1[NH3+].[Cl-]. The molecule has 0 saturated heterocycles. The summed E-state index contributed by atoms with van der Waals surface area (Å²) < 4.78 is 5.80. The first-order valence-electron chi connectivity index (χ1n) is 8.43. The summed E-state index contributed by atoms with van der Waals surface area (Å²) in [7, 11) is 0. The van der Waals surface area contributed by atoms with Gasteiger partial charge in [-0.15, -0.1) is 11.8 Å². The monoisotopic (exact) mass is 379 g/mol. The van der Waals surface area contributed by atoms with Crippen molar-refractivity contribution < 1.29 is 28.0 Å². The minimum atomic E-state index is -0.0374. The number of hydrogen-bond donors (Lipinski definition) is 2. The molecule has 2 atom stereocenters. The van der Waals surface area contributed by atoms with E-state index in [1.54, 1.807) is 6.07 Å². The van der Waals surface area contributed by atoms with Crippen LogP contribution in [0.2, 0.25) is 0 Å². The van der Waals surface area contributed by atoms with Crippen molar-refractivity contribution >= 4 is 11.8 Å². The van der Waals surface area contributed by atoms with Gasteiger partial charge >= 0.3 is 0 Å². The zero-order valence-electron chi connectivity index (χ0n) is 14.7. The second kappa shape index (κ2) is 8.35. The Morgan fingerprint density at radius 2 is 1.92 bits per heavy atom. The molecule has 5 heteroatoms. The molecule has 0 bridgehead atoms. The van der Waals surface area contributed by atoms with Gasteiger partial charge in [-0.3, -0.25) is 0 Å². The first-order valence-corrected chi connectivity index (χ1v) is 9.48. The molecule has 1 aliphatic carbocycles. The second-order valence-corrected chi connectivity index (χ2v) is 8.29. The van der Waals surface area contributed by atoms with Gasteiger partial charge in [0.2, 0.25) is 0 Å². The number of fused-ring (bicyclic) bond motifs is 1. The number of rotatable bonds is 5. The van der Waals surface area contributed by atoms with Gasteiger partial charge in [-0.25, -0.2) is 0 Å². The molecule has 25 heavy (non-hydrogen) atoms. The van der Waals surface area contributed by atoms with Crippen molar-refractivity contribution in [1.29, 1.82) is 0 Å². The van der Waals surface area contributed by atoms with E-state index in [1.807, 2.05) is 48.2 Å². The van der Waals surface area contributed by atoms with Crippen molar-refractivity contribution in [2.24, 2.45) is 0 Å². The number of para-hydroxylation sites is 1. The summed E-state index contributed by atoms with van der Waals surface area (Å²) in [5, 5.41) is 10.3. The molecule has 0 saturated carbocycles. The van der Waals surface area contributed by atoms with Gasteiger partial charge < -0.3 is 28.0 Å². The third-order valence-corrected chi connectivity index (χ3v) is 6.34. The highest BCUT2D eigenvalue weighted by Crippen LogP contribution is 2.40. The van der Waals surface area contributed by atoms with Crippen LogP contribution in [0.1, 0.15) is 25.0 Å². The highest BCUT2D eigenvalue weighted by molar-refractivity contribution is 8.00. The van der Waals surface area contributed by atoms with E-state index in [-0.39, 0.29) is 17.8 Å². The Balaban J connectivity index is 0.00000225. The molecule has 0 heterocycles. The molecule has 0 fully saturated rings. The lowest BCUT2D eigenvalue weighted by Gasteiger charge is -2.40. The van der Waals surface area contributed by atoms with Crippen LogP contribution >= 0.6 is 11.8 Å². The van der Waals surface area contributed by atoms with Crippen LogP contribution in [0, 0.1) is 0 Å². The number of halogens is 1. The van der Waals surface area contributed by atoms with Crippen molar-refractivity contribution in [1.82, 2.24) is 0 Å². The van der Waals surface area contributed by atoms with Gasteiger partial charge in [-0.05, 0) is 41.8 Å². The molecule has 3 nitrogen and oxygen atoms in total. The van der Waals surface area contributed by atoms with Crippen molar-refractivity contribution in [2.75, 3.05) is 12.4 Å². The number of quaternary nitrogens is 1. The van der Waals surface area contributed by atoms with Gasteiger partial charge in [-0.2, -0.15) is 0 Å². The van der Waals surface area contributed by atoms with Crippen molar-refractivity contribution in [2.45, 2.75) is 37.0 Å². The van der Waals surface area contributed by atoms with Crippen molar-refractivity contribution in [3.8, 4) is 11.5 Å². The van der Waals surface area contributed by atoms with E-state index in [0.717, 1.165) is 17.9 Å². The van der Waals surface area contributed by atoms with Gasteiger partial charge in [0.15, 0.2) is 0 Å². The van der Waals surface area contributed by atoms with Crippen LogP contribution < -0.4 is 22.9 Å². The lowest BCUT2D eigenvalue weighted by molar-refractivity contribution is -0.435. The van der Waals surface area contributed by atoms with E-state index in [4.69, 9.17) is 4.74 Å². The maximum absolute atomic E-state index is 9.81. The quantitative estimate of drug-likeness (QED) is 0.720. The molecular weight excluding hydrogens is 354 g/mol. The summed E-state index contributed by atoms with van der Waals surface area (Å²) in [6.45, 7) is 5.17. The molecular formula is C20H26ClNO2S. The lowest BCUT2D eigenvalue weighted by atomic mass is 9.69. The highest BCUT2D eigenvalue weighted by Gasteiger charge is 2.43. The fourth-order valence-electron chi connectivity index (χ4n) is 3.42. The summed E-state index contributed by atoms with van der Waals surface area (Å²) in [5.41, 5.74) is 6.99. The summed E-state index contributed by atoms with van der Waals surface area (Å²) in [5.74, 6) is 2.22. The van der Waals surface area contributed by atoms with Gasteiger partial charge in [0, 0.05) is 11.2 Å². The maximum Gasteiger partial charge on any atom is 0.119 e. The summed E-state index contributed by atoms with van der Waals surface area (Å²) in [4.78, 5) is 0. The normalized spacial score (nSPS) is 21.1. The Morgan fingerprint density at radius 3 is 2.64 bits per heavy atom. The van der Waals surface area contributed by atoms with Crippen molar-refractivity contribution in [3.05, 3.63) is 59.7 Å². The summed E-state index contributed by atoms with van der Waals surface area (Å²) >= 11 is 1.94. The Kier molecular flexibility index (Phi) is 6.66. The van der Waals surface area contributed by atoms with Crippen LogP contribution in [0.15, 0.2) is 48.5 Å². The molecule has 0 amide bonds. The Bertz CT molecular complexity index is 693. The maximum atomic E-state index is 9.81. The third kappa shape index (κ3) is 4.43. The number of hydrogen-bond acceptors (Lipinski definition) is 3. The largest absolute Gasteiger partial charge is 1.00 e. The molecule has 2 aromatic carbocycles. The van der Waals surface area contributed by atoms with Crippen LogP contribution in [0.3, 0.4) is 0 Å². The van der Waals surface area contributed by atoms with Gasteiger partial charge in [0.25, 0.3) is 0 Å². The smallest absolute Gasteiger partial charge is 0.119 e. The molecule has 3 rings (SSSR count). The minimum absolute atomic E-state index is 0. The number of ether oxygens (including phenoxy) is 1. The van der Waals surface area contributed by atoms with Crippen LogP contribution in [0.5, 0.6) is 11.5 Å². The Labute approximate surface area is 160 Å². The van der Waals surface area contributed by atoms with Crippen LogP contribution in [-0.4, -0.2) is 28.8 Å². The van der Waals surface area contributed by atoms with E-state index in [2.05, 4.69) is 25.6 Å². The molecule has 0 aliphatic heterocycles. The number of aromatic hydroxyl groups is 1. The highest BCUT2D eigenvalue weighted by atomic mass is 35.5. The summed E-state index contributed by atoms with van der Waals surface area (Å²) in [6.07, 6.45) is 1.00. The number of phenols is 1. The first-order chi connectivity index (χ1) is 11.5. The van der Waals surface area contributed by atoms with Gasteiger partial charge in [0.1, 0.15) is 17.5 Å². The molecule has 0 unspecified atom stereocenters. The number of phenolic OH excluding ortho intramolecular Hbond substituents is 1. The standard InChI is InChI=1S/C20H25NO2S.ClH/c1-20(2)17-13-15(22)9-8-14(17)12-18(19(20)21)24-11-10-23-16-6-4-3-5-7-16;/h3-9,13,18-19,22H,10-12,21H2,1-2H3;1H/t18-,19+;/m0./s1. The molecule has 0 radical (unpaired) electrons. The van der Waals surface area contributed by atoms with E-state index in [9.17, 15) is 5.11 Å². The molecule has 4 N–H and O–H groups in total. The molecule has 1 aliphatic rings. The van der Waals surface area contributed by atoms with E-state index >= 15 is 0 Å². The molecule has 2 aromatic rings. The van der Waals surface area contributed by atoms with Gasteiger partial charge in [-0.1, -0.05) is 38.1 Å². The minimum Gasteiger partial charge on any atom is -1.00 e.